The van der Waals surface area contributed by atoms with Crippen molar-refractivity contribution in [1.82, 2.24) is 0 Å². The van der Waals surface area contributed by atoms with Gasteiger partial charge in [-0.3, -0.25) is 9.00 Å². The SMILES string of the molecule is CCc1ccc(C(=O)CS(=O)Cc2cccc(C)c2)s1. The molecule has 0 spiro atoms. The van der Waals surface area contributed by atoms with E-state index in [-0.39, 0.29) is 11.5 Å². The van der Waals surface area contributed by atoms with Crippen molar-refractivity contribution >= 4 is 27.9 Å². The zero-order valence-electron chi connectivity index (χ0n) is 11.7. The summed E-state index contributed by atoms with van der Waals surface area (Å²) in [5.41, 5.74) is 2.17. The molecular weight excluding hydrogens is 288 g/mol. The molecule has 0 aliphatic rings. The van der Waals surface area contributed by atoms with Crippen LogP contribution in [0.5, 0.6) is 0 Å². The van der Waals surface area contributed by atoms with Gasteiger partial charge in [0, 0.05) is 21.4 Å². The lowest BCUT2D eigenvalue weighted by Crippen LogP contribution is -2.11. The Hall–Kier alpha value is -1.26. The van der Waals surface area contributed by atoms with Crippen LogP contribution in [0.4, 0.5) is 0 Å². The predicted molar refractivity (Wildman–Crippen MR) is 85.9 cm³/mol. The average molecular weight is 306 g/mol. The molecule has 0 saturated heterocycles. The van der Waals surface area contributed by atoms with Crippen molar-refractivity contribution in [2.75, 3.05) is 5.75 Å². The van der Waals surface area contributed by atoms with Crippen LogP contribution in [0.15, 0.2) is 36.4 Å². The van der Waals surface area contributed by atoms with Crippen molar-refractivity contribution in [3.63, 3.8) is 0 Å². The number of hydrogen-bond donors (Lipinski definition) is 0. The molecule has 0 amide bonds. The molecule has 20 heavy (non-hydrogen) atoms. The lowest BCUT2D eigenvalue weighted by molar-refractivity contribution is 0.102. The van der Waals surface area contributed by atoms with E-state index in [0.717, 1.165) is 22.4 Å². The molecule has 0 saturated carbocycles. The third-order valence-corrected chi connectivity index (χ3v) is 5.50. The first-order valence-corrected chi connectivity index (χ1v) is 8.91. The number of aryl methyl sites for hydroxylation is 2. The minimum absolute atomic E-state index is 0.0133. The van der Waals surface area contributed by atoms with E-state index in [9.17, 15) is 9.00 Å². The highest BCUT2D eigenvalue weighted by molar-refractivity contribution is 7.85. The van der Waals surface area contributed by atoms with Crippen molar-refractivity contribution < 1.29 is 9.00 Å². The Morgan fingerprint density at radius 3 is 2.70 bits per heavy atom. The number of carbonyl (C=O) groups is 1. The van der Waals surface area contributed by atoms with Crippen LogP contribution in [0.3, 0.4) is 0 Å². The number of benzene rings is 1. The third-order valence-electron chi connectivity index (χ3n) is 2.99. The van der Waals surface area contributed by atoms with Gasteiger partial charge >= 0.3 is 0 Å². The summed E-state index contributed by atoms with van der Waals surface area (Å²) in [6.07, 6.45) is 0.935. The zero-order chi connectivity index (χ0) is 14.5. The first-order valence-electron chi connectivity index (χ1n) is 6.61. The monoisotopic (exact) mass is 306 g/mol. The zero-order valence-corrected chi connectivity index (χ0v) is 13.4. The maximum absolute atomic E-state index is 12.1. The highest BCUT2D eigenvalue weighted by Crippen LogP contribution is 2.18. The second-order valence-corrected chi connectivity index (χ2v) is 7.39. The van der Waals surface area contributed by atoms with E-state index in [2.05, 4.69) is 6.92 Å². The van der Waals surface area contributed by atoms with Crippen molar-refractivity contribution in [3.05, 3.63) is 57.3 Å². The molecule has 106 valence electrons. The summed E-state index contributed by atoms with van der Waals surface area (Å²) in [7, 11) is -1.15. The minimum Gasteiger partial charge on any atom is -0.292 e. The molecule has 1 unspecified atom stereocenters. The summed E-state index contributed by atoms with van der Waals surface area (Å²) in [6.45, 7) is 4.07. The van der Waals surface area contributed by atoms with Crippen molar-refractivity contribution in [3.8, 4) is 0 Å². The van der Waals surface area contributed by atoms with Gasteiger partial charge in [-0.15, -0.1) is 11.3 Å². The van der Waals surface area contributed by atoms with E-state index in [0.29, 0.717) is 5.75 Å². The molecule has 0 aliphatic heterocycles. The molecule has 2 nitrogen and oxygen atoms in total. The Labute approximate surface area is 126 Å². The summed E-state index contributed by atoms with van der Waals surface area (Å²) in [4.78, 5) is 14.0. The Balaban J connectivity index is 1.95. The molecule has 1 heterocycles. The van der Waals surface area contributed by atoms with Crippen LogP contribution in [0.2, 0.25) is 0 Å². The van der Waals surface area contributed by atoms with Crippen LogP contribution in [-0.4, -0.2) is 15.7 Å². The fourth-order valence-electron chi connectivity index (χ4n) is 1.97. The van der Waals surface area contributed by atoms with E-state index in [1.165, 1.54) is 16.2 Å². The second-order valence-electron chi connectivity index (χ2n) is 4.76. The van der Waals surface area contributed by atoms with Gasteiger partial charge in [0.1, 0.15) is 0 Å². The summed E-state index contributed by atoms with van der Waals surface area (Å²) < 4.78 is 12.1. The van der Waals surface area contributed by atoms with Crippen LogP contribution >= 0.6 is 11.3 Å². The maximum atomic E-state index is 12.1. The van der Waals surface area contributed by atoms with Crippen molar-refractivity contribution in [2.45, 2.75) is 26.0 Å². The Bertz CT molecular complexity index is 629. The molecule has 0 fully saturated rings. The van der Waals surface area contributed by atoms with Crippen LogP contribution in [0.1, 0.15) is 32.6 Å². The number of hydrogen-bond acceptors (Lipinski definition) is 3. The van der Waals surface area contributed by atoms with E-state index >= 15 is 0 Å². The smallest absolute Gasteiger partial charge is 0.185 e. The van der Waals surface area contributed by atoms with Crippen LogP contribution in [0.25, 0.3) is 0 Å². The van der Waals surface area contributed by atoms with Crippen molar-refractivity contribution in [1.29, 1.82) is 0 Å². The van der Waals surface area contributed by atoms with Gasteiger partial charge in [-0.1, -0.05) is 36.8 Å². The summed E-state index contributed by atoms with van der Waals surface area (Å²) in [6, 6.07) is 11.8. The van der Waals surface area contributed by atoms with Gasteiger partial charge in [-0.25, -0.2) is 0 Å². The summed E-state index contributed by atoms with van der Waals surface area (Å²) in [5, 5.41) is 0. The summed E-state index contributed by atoms with van der Waals surface area (Å²) in [5.74, 6) is 0.539. The number of ketones is 1. The summed E-state index contributed by atoms with van der Waals surface area (Å²) >= 11 is 1.51. The van der Waals surface area contributed by atoms with Gasteiger partial charge in [-0.2, -0.15) is 0 Å². The first kappa shape index (κ1) is 15.1. The Kier molecular flexibility index (Phi) is 5.26. The fourth-order valence-corrected chi connectivity index (χ4v) is 4.05. The lowest BCUT2D eigenvalue weighted by atomic mass is 10.2. The molecule has 1 aromatic heterocycles. The normalized spacial score (nSPS) is 12.3. The van der Waals surface area contributed by atoms with Gasteiger partial charge in [-0.05, 0) is 31.0 Å². The van der Waals surface area contributed by atoms with Gasteiger partial charge in [0.05, 0.1) is 10.6 Å². The molecule has 1 atom stereocenters. The lowest BCUT2D eigenvalue weighted by Gasteiger charge is -2.02. The molecule has 0 bridgehead atoms. The van der Waals surface area contributed by atoms with Crippen LogP contribution in [-0.2, 0) is 23.0 Å². The molecule has 2 rings (SSSR count). The second kappa shape index (κ2) is 6.95. The number of thiophene rings is 1. The van der Waals surface area contributed by atoms with E-state index in [4.69, 9.17) is 0 Å². The average Bonchev–Trinajstić information content (AvgIpc) is 2.87. The van der Waals surface area contributed by atoms with Crippen LogP contribution in [0, 0.1) is 6.92 Å². The topological polar surface area (TPSA) is 34.1 Å². The highest BCUT2D eigenvalue weighted by Gasteiger charge is 2.13. The van der Waals surface area contributed by atoms with Gasteiger partial charge in [0.25, 0.3) is 0 Å². The minimum atomic E-state index is -1.15. The quantitative estimate of drug-likeness (QED) is 0.762. The number of carbonyl (C=O) groups excluding carboxylic acids is 1. The molecule has 0 radical (unpaired) electrons. The molecule has 0 aliphatic carbocycles. The molecular formula is C16H18O2S2. The highest BCUT2D eigenvalue weighted by atomic mass is 32.2. The maximum Gasteiger partial charge on any atom is 0.185 e. The number of Topliss-reactive ketones (excluding diaryl/α,β-unsaturated/α-hetero) is 1. The molecule has 4 heteroatoms. The van der Waals surface area contributed by atoms with Crippen molar-refractivity contribution in [2.24, 2.45) is 0 Å². The van der Waals surface area contributed by atoms with Crippen LogP contribution < -0.4 is 0 Å². The fraction of sp³-hybridized carbons (Fsp3) is 0.312. The Morgan fingerprint density at radius 1 is 1.25 bits per heavy atom. The Morgan fingerprint density at radius 2 is 2.05 bits per heavy atom. The third kappa shape index (κ3) is 4.12. The molecule has 2 aromatic rings. The van der Waals surface area contributed by atoms with Gasteiger partial charge < -0.3 is 0 Å². The van der Waals surface area contributed by atoms with Gasteiger partial charge in [0.15, 0.2) is 5.78 Å². The molecule has 0 N–H and O–H groups in total. The first-order chi connectivity index (χ1) is 9.58. The standard InChI is InChI=1S/C16H18O2S2/c1-3-14-7-8-16(19-14)15(17)11-20(18)10-13-6-4-5-12(2)9-13/h4-9H,3,10-11H2,1-2H3. The van der Waals surface area contributed by atoms with E-state index < -0.39 is 10.8 Å². The van der Waals surface area contributed by atoms with Gasteiger partial charge in [0.2, 0.25) is 0 Å². The number of rotatable bonds is 6. The largest absolute Gasteiger partial charge is 0.292 e. The predicted octanol–water partition coefficient (Wildman–Crippen LogP) is 3.75. The molecule has 1 aromatic carbocycles. The van der Waals surface area contributed by atoms with E-state index in [1.807, 2.05) is 43.3 Å². The van der Waals surface area contributed by atoms with E-state index in [1.54, 1.807) is 0 Å².